The Morgan fingerprint density at radius 1 is 1.39 bits per heavy atom. The molecular weight excluding hydrogens is 444 g/mol. The van der Waals surface area contributed by atoms with Gasteiger partial charge >= 0.3 is 5.97 Å². The van der Waals surface area contributed by atoms with Crippen molar-refractivity contribution in [2.45, 2.75) is 22.5 Å². The number of phenolic OH excluding ortho intramolecular Hbond substituents is 1. The van der Waals surface area contributed by atoms with E-state index in [1.807, 2.05) is 0 Å². The molecule has 3 unspecified atom stereocenters. The van der Waals surface area contributed by atoms with E-state index >= 15 is 0 Å². The van der Waals surface area contributed by atoms with Gasteiger partial charge in [0.25, 0.3) is 5.91 Å². The molecule has 31 heavy (non-hydrogen) atoms. The minimum absolute atomic E-state index is 0.0466. The third kappa shape index (κ3) is 4.11. The summed E-state index contributed by atoms with van der Waals surface area (Å²) >= 11 is 2.70. The number of benzene rings is 1. The number of hydrogen-bond acceptors (Lipinski definition) is 9. The zero-order valence-electron chi connectivity index (χ0n) is 15.9. The van der Waals surface area contributed by atoms with Gasteiger partial charge in [0.15, 0.2) is 0 Å². The van der Waals surface area contributed by atoms with Crippen LogP contribution in [0, 0.1) is 0 Å². The van der Waals surface area contributed by atoms with Crippen LogP contribution in [0.5, 0.6) is 5.75 Å². The number of rotatable bonds is 7. The first-order valence-corrected chi connectivity index (χ1v) is 11.1. The smallest absolute Gasteiger partial charge is 0.352 e. The van der Waals surface area contributed by atoms with Crippen molar-refractivity contribution < 1.29 is 24.6 Å². The molecule has 0 aliphatic carbocycles. The Morgan fingerprint density at radius 2 is 2.13 bits per heavy atom. The molecule has 2 aliphatic heterocycles. The predicted octanol–water partition coefficient (Wildman–Crippen LogP) is 0.0410. The van der Waals surface area contributed by atoms with Gasteiger partial charge in [-0.25, -0.2) is 4.79 Å². The van der Waals surface area contributed by atoms with Crippen LogP contribution in [0.2, 0.25) is 0 Å². The molecule has 1 aromatic carbocycles. The van der Waals surface area contributed by atoms with Crippen LogP contribution in [0.4, 0.5) is 0 Å². The van der Waals surface area contributed by atoms with Gasteiger partial charge in [-0.05, 0) is 23.3 Å². The minimum atomic E-state index is -1.19. The first-order valence-electron chi connectivity index (χ1n) is 9.10. The van der Waals surface area contributed by atoms with Crippen LogP contribution in [0.15, 0.2) is 46.8 Å². The number of nitrogens with one attached hydrogen (secondary N) is 2. The van der Waals surface area contributed by atoms with Crippen molar-refractivity contribution >= 4 is 41.3 Å². The summed E-state index contributed by atoms with van der Waals surface area (Å²) in [5, 5.41) is 31.9. The maximum atomic E-state index is 12.7. The number of fused-ring (bicyclic) bond motifs is 1. The van der Waals surface area contributed by atoms with E-state index in [0.717, 1.165) is 0 Å². The molecule has 1 aromatic heterocycles. The molecule has 0 spiro atoms. The summed E-state index contributed by atoms with van der Waals surface area (Å²) in [6.45, 7) is 0. The Morgan fingerprint density at radius 3 is 2.77 bits per heavy atom. The summed E-state index contributed by atoms with van der Waals surface area (Å²) in [5.41, 5.74) is 6.99. The number of carboxylic acids is 1. The average Bonchev–Trinajstić information content (AvgIpc) is 3.28. The number of β-lactam (4-membered cyclic amide) rings is 1. The summed E-state index contributed by atoms with van der Waals surface area (Å²) < 4.78 is 0. The number of phenols is 1. The van der Waals surface area contributed by atoms with Crippen molar-refractivity contribution in [2.24, 2.45) is 5.73 Å². The highest BCUT2D eigenvalue weighted by Gasteiger charge is 2.54. The SMILES string of the molecule is NC(C(=O)NC1C(=O)N2C(C(=O)O)=C(CSc3cn[nH]n3)CSC12)c1ccc(O)cc1. The lowest BCUT2D eigenvalue weighted by atomic mass is 10.0. The highest BCUT2D eigenvalue weighted by Crippen LogP contribution is 2.41. The normalized spacial score (nSPS) is 21.3. The Kier molecular flexibility index (Phi) is 5.89. The number of amides is 2. The summed E-state index contributed by atoms with van der Waals surface area (Å²) in [6, 6.07) is 3.98. The largest absolute Gasteiger partial charge is 0.508 e. The van der Waals surface area contributed by atoms with E-state index in [1.54, 1.807) is 0 Å². The number of aromatic amines is 1. The van der Waals surface area contributed by atoms with E-state index in [9.17, 15) is 24.6 Å². The maximum Gasteiger partial charge on any atom is 0.352 e. The van der Waals surface area contributed by atoms with Crippen molar-refractivity contribution in [2.75, 3.05) is 11.5 Å². The van der Waals surface area contributed by atoms with E-state index in [2.05, 4.69) is 20.7 Å². The molecule has 6 N–H and O–H groups in total. The molecule has 2 amide bonds. The van der Waals surface area contributed by atoms with Crippen LogP contribution in [0.1, 0.15) is 11.6 Å². The number of aliphatic carboxylic acids is 1. The fourth-order valence-corrected chi connectivity index (χ4v) is 5.56. The van der Waals surface area contributed by atoms with Crippen LogP contribution in [0.3, 0.4) is 0 Å². The van der Waals surface area contributed by atoms with Gasteiger partial charge in [0.2, 0.25) is 5.91 Å². The van der Waals surface area contributed by atoms with Crippen LogP contribution in [-0.4, -0.2) is 71.2 Å². The predicted molar refractivity (Wildman–Crippen MR) is 112 cm³/mol. The highest BCUT2D eigenvalue weighted by atomic mass is 32.2. The molecule has 2 aromatic rings. The molecule has 0 radical (unpaired) electrons. The molecule has 4 rings (SSSR count). The molecule has 11 nitrogen and oxygen atoms in total. The summed E-state index contributed by atoms with van der Waals surface area (Å²) in [6.07, 6.45) is 1.53. The molecular formula is C18H18N6O5S2. The topological polar surface area (TPSA) is 175 Å². The molecule has 1 saturated heterocycles. The molecule has 3 heterocycles. The monoisotopic (exact) mass is 462 g/mol. The zero-order valence-corrected chi connectivity index (χ0v) is 17.5. The number of H-pyrrole nitrogens is 1. The van der Waals surface area contributed by atoms with Crippen molar-refractivity contribution in [1.82, 2.24) is 25.6 Å². The van der Waals surface area contributed by atoms with E-state index in [1.165, 1.54) is 58.9 Å². The quantitative estimate of drug-likeness (QED) is 0.279. The van der Waals surface area contributed by atoms with Gasteiger partial charge in [-0.2, -0.15) is 10.3 Å². The summed E-state index contributed by atoms with van der Waals surface area (Å²) in [7, 11) is 0. The van der Waals surface area contributed by atoms with Crippen molar-refractivity contribution in [3.05, 3.63) is 47.3 Å². The van der Waals surface area contributed by atoms with E-state index in [0.29, 0.717) is 27.7 Å². The molecule has 1 fully saturated rings. The van der Waals surface area contributed by atoms with E-state index < -0.39 is 35.2 Å². The second-order valence-corrected chi connectivity index (χ2v) is 8.92. The van der Waals surface area contributed by atoms with Gasteiger partial charge in [0, 0.05) is 11.5 Å². The zero-order chi connectivity index (χ0) is 22.1. The Hall–Kier alpha value is -3.03. The number of hydrogen-bond donors (Lipinski definition) is 5. The van der Waals surface area contributed by atoms with E-state index in [4.69, 9.17) is 5.73 Å². The standard InChI is InChI=1S/C18H18N6O5S2/c19-12(8-1-3-10(25)4-2-8)15(26)21-13-16(27)24-14(18(28)29)9(7-31-17(13)24)6-30-11-5-20-23-22-11/h1-5,12-13,17,25H,6-7,19H2,(H,21,26)(H,28,29)(H,20,22,23). The van der Waals surface area contributed by atoms with Gasteiger partial charge in [-0.15, -0.1) is 16.9 Å². The average molecular weight is 463 g/mol. The molecule has 0 saturated carbocycles. The fraction of sp³-hybridized carbons (Fsp3) is 0.278. The van der Waals surface area contributed by atoms with Gasteiger partial charge in [0.05, 0.1) is 6.20 Å². The third-order valence-electron chi connectivity index (χ3n) is 4.87. The van der Waals surface area contributed by atoms with Crippen LogP contribution < -0.4 is 11.1 Å². The lowest BCUT2D eigenvalue weighted by Gasteiger charge is -2.49. The number of carbonyl (C=O) groups excluding carboxylic acids is 2. The minimum Gasteiger partial charge on any atom is -0.508 e. The lowest BCUT2D eigenvalue weighted by Crippen LogP contribution is -2.71. The number of nitrogens with zero attached hydrogens (tertiary/aromatic N) is 3. The Labute approximate surface area is 184 Å². The Balaban J connectivity index is 1.45. The first kappa shape index (κ1) is 21.2. The number of aromatic hydroxyl groups is 1. The molecule has 2 aliphatic rings. The number of carboxylic acid groups (broad SMARTS) is 1. The second-order valence-electron chi connectivity index (χ2n) is 6.82. The lowest BCUT2D eigenvalue weighted by molar-refractivity contribution is -0.150. The van der Waals surface area contributed by atoms with Crippen molar-refractivity contribution in [3.8, 4) is 5.75 Å². The molecule has 0 bridgehead atoms. The Bertz CT molecular complexity index is 1040. The number of nitrogens with two attached hydrogens (primary N) is 1. The molecule has 162 valence electrons. The number of thioether (sulfide) groups is 2. The van der Waals surface area contributed by atoms with Gasteiger partial charge in [-0.1, -0.05) is 23.9 Å². The number of aromatic nitrogens is 3. The third-order valence-corrected chi connectivity index (χ3v) is 7.19. The van der Waals surface area contributed by atoms with Crippen molar-refractivity contribution in [3.63, 3.8) is 0 Å². The number of carbonyl (C=O) groups is 3. The second kappa shape index (κ2) is 8.61. The molecule has 13 heteroatoms. The highest BCUT2D eigenvalue weighted by molar-refractivity contribution is 8.01. The summed E-state index contributed by atoms with van der Waals surface area (Å²) in [4.78, 5) is 38.4. The van der Waals surface area contributed by atoms with Crippen LogP contribution in [-0.2, 0) is 14.4 Å². The summed E-state index contributed by atoms with van der Waals surface area (Å²) in [5.74, 6) is -1.45. The van der Waals surface area contributed by atoms with E-state index in [-0.39, 0.29) is 11.4 Å². The van der Waals surface area contributed by atoms with Gasteiger partial charge in [-0.3, -0.25) is 14.5 Å². The van der Waals surface area contributed by atoms with Crippen molar-refractivity contribution in [1.29, 1.82) is 0 Å². The van der Waals surface area contributed by atoms with Crippen LogP contribution in [0.25, 0.3) is 0 Å². The van der Waals surface area contributed by atoms with Gasteiger partial charge in [0.1, 0.15) is 33.9 Å². The van der Waals surface area contributed by atoms with Gasteiger partial charge < -0.3 is 21.3 Å². The fourth-order valence-electron chi connectivity index (χ4n) is 3.29. The van der Waals surface area contributed by atoms with Crippen LogP contribution >= 0.6 is 23.5 Å². The maximum absolute atomic E-state index is 12.7. The first-order chi connectivity index (χ1) is 14.9. The molecule has 3 atom stereocenters.